The lowest BCUT2D eigenvalue weighted by Gasteiger charge is -2.15. The summed E-state index contributed by atoms with van der Waals surface area (Å²) >= 11 is 5.94. The molecule has 0 saturated heterocycles. The molecule has 1 aromatic heterocycles. The minimum Gasteiger partial charge on any atom is -0.480 e. The zero-order chi connectivity index (χ0) is 13.1. The Kier molecular flexibility index (Phi) is 3.79. The Hall–Kier alpha value is -1.65. The zero-order valence-corrected chi connectivity index (χ0v) is 10.8. The van der Waals surface area contributed by atoms with Crippen LogP contribution in [0, 0.1) is 6.92 Å². The van der Waals surface area contributed by atoms with Gasteiger partial charge in [-0.3, -0.25) is 4.98 Å². The average molecular weight is 265 g/mol. The molecule has 0 fully saturated rings. The smallest absolute Gasteiger partial charge is 0.238 e. The summed E-state index contributed by atoms with van der Waals surface area (Å²) in [6.07, 6.45) is 2.12. The molecule has 0 saturated carbocycles. The summed E-state index contributed by atoms with van der Waals surface area (Å²) in [5.41, 5.74) is 2.01. The number of ether oxygens (including phenoxy) is 1. The van der Waals surface area contributed by atoms with Gasteiger partial charge in [0.2, 0.25) is 5.88 Å². The molecule has 94 valence electrons. The molecule has 1 heterocycles. The summed E-state index contributed by atoms with van der Waals surface area (Å²) in [5.74, 6) is 0.310. The van der Waals surface area contributed by atoms with Crippen molar-refractivity contribution >= 4 is 11.6 Å². The van der Waals surface area contributed by atoms with Crippen LogP contribution in [0.2, 0.25) is 5.02 Å². The largest absolute Gasteiger partial charge is 0.480 e. The number of nitrogens with zero attached hydrogens (tertiary/aromatic N) is 2. The number of benzene rings is 1. The van der Waals surface area contributed by atoms with Crippen LogP contribution in [0.15, 0.2) is 30.6 Å². The highest BCUT2D eigenvalue weighted by atomic mass is 35.5. The van der Waals surface area contributed by atoms with Crippen LogP contribution < -0.4 is 4.74 Å². The number of methoxy groups -OCH3 is 1. The lowest BCUT2D eigenvalue weighted by molar-refractivity contribution is 0.207. The molecule has 1 aromatic carbocycles. The predicted molar refractivity (Wildman–Crippen MR) is 68.8 cm³/mol. The van der Waals surface area contributed by atoms with Gasteiger partial charge in [-0.1, -0.05) is 17.7 Å². The summed E-state index contributed by atoms with van der Waals surface area (Å²) in [4.78, 5) is 8.13. The van der Waals surface area contributed by atoms with E-state index in [9.17, 15) is 5.11 Å². The van der Waals surface area contributed by atoms with Crippen molar-refractivity contribution < 1.29 is 9.84 Å². The van der Waals surface area contributed by atoms with Crippen LogP contribution in [0.3, 0.4) is 0 Å². The van der Waals surface area contributed by atoms with Crippen molar-refractivity contribution in [3.63, 3.8) is 0 Å². The first kappa shape index (κ1) is 12.8. The van der Waals surface area contributed by atoms with Gasteiger partial charge >= 0.3 is 0 Å². The normalized spacial score (nSPS) is 12.2. The fraction of sp³-hybridized carbons (Fsp3) is 0.231. The van der Waals surface area contributed by atoms with Gasteiger partial charge < -0.3 is 9.84 Å². The minimum absolute atomic E-state index is 0.310. The highest BCUT2D eigenvalue weighted by Crippen LogP contribution is 2.29. The maximum absolute atomic E-state index is 10.4. The van der Waals surface area contributed by atoms with Crippen molar-refractivity contribution in [1.29, 1.82) is 0 Å². The monoisotopic (exact) mass is 264 g/mol. The molecule has 0 bridgehead atoms. The maximum atomic E-state index is 10.4. The topological polar surface area (TPSA) is 55.2 Å². The van der Waals surface area contributed by atoms with Crippen molar-refractivity contribution in [3.8, 4) is 5.88 Å². The van der Waals surface area contributed by atoms with Gasteiger partial charge in [-0.05, 0) is 30.2 Å². The van der Waals surface area contributed by atoms with Crippen LogP contribution in [-0.4, -0.2) is 22.2 Å². The molecule has 5 heteroatoms. The number of hydrogen-bond acceptors (Lipinski definition) is 4. The second-order valence-electron chi connectivity index (χ2n) is 3.85. The molecule has 0 radical (unpaired) electrons. The first-order valence-electron chi connectivity index (χ1n) is 5.42. The van der Waals surface area contributed by atoms with E-state index in [4.69, 9.17) is 16.3 Å². The molecular weight excluding hydrogens is 252 g/mol. The van der Waals surface area contributed by atoms with E-state index in [1.165, 1.54) is 19.5 Å². The molecular formula is C13H13ClN2O2. The standard InChI is InChI=1S/C13H13ClN2O2/c1-8-3-4-9(14)7-10(8)12(17)11-13(18-2)16-6-5-15-11/h3-7,12,17H,1-2H3. The van der Waals surface area contributed by atoms with Gasteiger partial charge in [0, 0.05) is 17.4 Å². The number of hydrogen-bond donors (Lipinski definition) is 1. The Morgan fingerprint density at radius 2 is 2.00 bits per heavy atom. The van der Waals surface area contributed by atoms with Crippen molar-refractivity contribution in [2.45, 2.75) is 13.0 Å². The van der Waals surface area contributed by atoms with Crippen LogP contribution in [0.4, 0.5) is 0 Å². The molecule has 0 amide bonds. The van der Waals surface area contributed by atoms with Crippen molar-refractivity contribution in [2.75, 3.05) is 7.11 Å². The molecule has 2 rings (SSSR count). The average Bonchev–Trinajstić information content (AvgIpc) is 2.40. The highest BCUT2D eigenvalue weighted by molar-refractivity contribution is 6.30. The van der Waals surface area contributed by atoms with Gasteiger partial charge in [0.25, 0.3) is 0 Å². The Labute approximate surface area is 110 Å². The Balaban J connectivity index is 2.47. The summed E-state index contributed by atoms with van der Waals surface area (Å²) in [6.45, 7) is 1.90. The molecule has 18 heavy (non-hydrogen) atoms. The van der Waals surface area contributed by atoms with E-state index in [2.05, 4.69) is 9.97 Å². The van der Waals surface area contributed by atoms with Gasteiger partial charge in [-0.2, -0.15) is 0 Å². The summed E-state index contributed by atoms with van der Waals surface area (Å²) in [5, 5.41) is 10.9. The third-order valence-electron chi connectivity index (χ3n) is 2.68. The molecule has 1 N–H and O–H groups in total. The molecule has 4 nitrogen and oxygen atoms in total. The van der Waals surface area contributed by atoms with E-state index >= 15 is 0 Å². The number of rotatable bonds is 3. The van der Waals surface area contributed by atoms with Crippen LogP contribution >= 0.6 is 11.6 Å². The molecule has 0 aliphatic heterocycles. The van der Waals surface area contributed by atoms with E-state index < -0.39 is 6.10 Å². The first-order chi connectivity index (χ1) is 8.63. The number of aryl methyl sites for hydroxylation is 1. The van der Waals surface area contributed by atoms with E-state index in [1.807, 2.05) is 13.0 Å². The third-order valence-corrected chi connectivity index (χ3v) is 2.91. The molecule has 0 aliphatic carbocycles. The maximum Gasteiger partial charge on any atom is 0.238 e. The van der Waals surface area contributed by atoms with Crippen LogP contribution in [0.5, 0.6) is 5.88 Å². The van der Waals surface area contributed by atoms with Crippen LogP contribution in [0.1, 0.15) is 22.9 Å². The number of aliphatic hydroxyl groups excluding tert-OH is 1. The minimum atomic E-state index is -0.910. The molecule has 1 atom stereocenters. The van der Waals surface area contributed by atoms with E-state index in [-0.39, 0.29) is 0 Å². The molecule has 0 spiro atoms. The van der Waals surface area contributed by atoms with Gasteiger partial charge in [0.1, 0.15) is 11.8 Å². The summed E-state index contributed by atoms with van der Waals surface area (Å²) in [7, 11) is 1.49. The molecule has 2 aromatic rings. The zero-order valence-electron chi connectivity index (χ0n) is 10.1. The fourth-order valence-electron chi connectivity index (χ4n) is 1.73. The van der Waals surface area contributed by atoms with Crippen LogP contribution in [-0.2, 0) is 0 Å². The van der Waals surface area contributed by atoms with Gasteiger partial charge in [-0.15, -0.1) is 0 Å². The Morgan fingerprint density at radius 3 is 2.72 bits per heavy atom. The quantitative estimate of drug-likeness (QED) is 0.926. The highest BCUT2D eigenvalue weighted by Gasteiger charge is 2.19. The lowest BCUT2D eigenvalue weighted by atomic mass is 10.0. The number of aliphatic hydroxyl groups is 1. The van der Waals surface area contributed by atoms with E-state index in [1.54, 1.807) is 12.1 Å². The van der Waals surface area contributed by atoms with Crippen molar-refractivity contribution in [2.24, 2.45) is 0 Å². The third kappa shape index (κ3) is 2.44. The summed E-state index contributed by atoms with van der Waals surface area (Å²) in [6, 6.07) is 5.35. The van der Waals surface area contributed by atoms with Gasteiger partial charge in [0.15, 0.2) is 0 Å². The van der Waals surface area contributed by atoms with Gasteiger partial charge in [0.05, 0.1) is 7.11 Å². The summed E-state index contributed by atoms with van der Waals surface area (Å²) < 4.78 is 5.09. The second kappa shape index (κ2) is 5.33. The van der Waals surface area contributed by atoms with Crippen molar-refractivity contribution in [3.05, 3.63) is 52.4 Å². The van der Waals surface area contributed by atoms with Crippen LogP contribution in [0.25, 0.3) is 0 Å². The lowest BCUT2D eigenvalue weighted by Crippen LogP contribution is -2.07. The van der Waals surface area contributed by atoms with Crippen molar-refractivity contribution in [1.82, 2.24) is 9.97 Å². The fourth-order valence-corrected chi connectivity index (χ4v) is 1.91. The molecule has 0 aliphatic rings. The SMILES string of the molecule is COc1nccnc1C(O)c1cc(Cl)ccc1C. The number of halogens is 1. The predicted octanol–water partition coefficient (Wildman–Crippen LogP) is 2.53. The van der Waals surface area contributed by atoms with E-state index in [0.717, 1.165) is 5.56 Å². The second-order valence-corrected chi connectivity index (χ2v) is 4.29. The Morgan fingerprint density at radius 1 is 1.28 bits per heavy atom. The Bertz CT molecular complexity index is 560. The number of aromatic nitrogens is 2. The first-order valence-corrected chi connectivity index (χ1v) is 5.80. The van der Waals surface area contributed by atoms with Gasteiger partial charge in [-0.25, -0.2) is 4.98 Å². The molecule has 1 unspecified atom stereocenters. The van der Waals surface area contributed by atoms with E-state index in [0.29, 0.717) is 22.2 Å².